The number of likely N-dealkylation sites (tertiary alicyclic amines) is 1. The smallest absolute Gasteiger partial charge is 0.0221 e. The van der Waals surface area contributed by atoms with E-state index in [0.717, 1.165) is 18.4 Å². The standard InChI is InChI=1S/C15H32N2/c1-6-9-16-15(7-2)13(5)17-10-8-14(11-17)12(3)4/h12-16H,6-11H2,1-5H3. The second-order valence-corrected chi connectivity index (χ2v) is 6.00. The van der Waals surface area contributed by atoms with Gasteiger partial charge in [-0.05, 0) is 51.1 Å². The fourth-order valence-corrected chi connectivity index (χ4v) is 2.97. The summed E-state index contributed by atoms with van der Waals surface area (Å²) < 4.78 is 0. The van der Waals surface area contributed by atoms with Crippen molar-refractivity contribution in [3.8, 4) is 0 Å². The summed E-state index contributed by atoms with van der Waals surface area (Å²) in [6.45, 7) is 15.5. The molecule has 0 aromatic heterocycles. The molecule has 1 N–H and O–H groups in total. The van der Waals surface area contributed by atoms with Gasteiger partial charge in [-0.2, -0.15) is 0 Å². The van der Waals surface area contributed by atoms with Gasteiger partial charge in [-0.3, -0.25) is 4.90 Å². The lowest BCUT2D eigenvalue weighted by atomic mass is 9.95. The summed E-state index contributed by atoms with van der Waals surface area (Å²) in [5, 5.41) is 3.70. The molecule has 1 saturated heterocycles. The lowest BCUT2D eigenvalue weighted by Crippen LogP contribution is -2.47. The SMILES string of the molecule is CCCNC(CC)C(C)N1CCC(C(C)C)C1. The predicted molar refractivity (Wildman–Crippen MR) is 76.4 cm³/mol. The topological polar surface area (TPSA) is 15.3 Å². The summed E-state index contributed by atoms with van der Waals surface area (Å²) >= 11 is 0. The zero-order chi connectivity index (χ0) is 12.8. The van der Waals surface area contributed by atoms with Crippen LogP contribution in [0.25, 0.3) is 0 Å². The quantitative estimate of drug-likeness (QED) is 0.735. The summed E-state index contributed by atoms with van der Waals surface area (Å²) in [5.41, 5.74) is 0. The Balaban J connectivity index is 2.43. The Kier molecular flexibility index (Phi) is 6.50. The zero-order valence-electron chi connectivity index (χ0n) is 12.5. The average Bonchev–Trinajstić information content (AvgIpc) is 2.79. The third-order valence-electron chi connectivity index (χ3n) is 4.45. The first kappa shape index (κ1) is 15.0. The highest BCUT2D eigenvalue weighted by atomic mass is 15.2. The molecule has 0 radical (unpaired) electrons. The monoisotopic (exact) mass is 240 g/mol. The number of rotatable bonds is 7. The van der Waals surface area contributed by atoms with Crippen LogP contribution >= 0.6 is 0 Å². The third kappa shape index (κ3) is 4.26. The minimum atomic E-state index is 0.667. The Morgan fingerprint density at radius 1 is 1.24 bits per heavy atom. The van der Waals surface area contributed by atoms with Gasteiger partial charge in [0.1, 0.15) is 0 Å². The van der Waals surface area contributed by atoms with Crippen LogP contribution in [0.4, 0.5) is 0 Å². The van der Waals surface area contributed by atoms with Gasteiger partial charge >= 0.3 is 0 Å². The third-order valence-corrected chi connectivity index (χ3v) is 4.45. The van der Waals surface area contributed by atoms with E-state index in [0.29, 0.717) is 12.1 Å². The van der Waals surface area contributed by atoms with Crippen LogP contribution in [0.3, 0.4) is 0 Å². The molecule has 2 heteroatoms. The summed E-state index contributed by atoms with van der Waals surface area (Å²) in [4.78, 5) is 2.70. The summed E-state index contributed by atoms with van der Waals surface area (Å²) in [7, 11) is 0. The van der Waals surface area contributed by atoms with Crippen molar-refractivity contribution >= 4 is 0 Å². The van der Waals surface area contributed by atoms with Crippen molar-refractivity contribution in [2.24, 2.45) is 11.8 Å². The van der Waals surface area contributed by atoms with Gasteiger partial charge in [0.05, 0.1) is 0 Å². The van der Waals surface area contributed by atoms with E-state index in [9.17, 15) is 0 Å². The minimum absolute atomic E-state index is 0.667. The highest BCUT2D eigenvalue weighted by molar-refractivity contribution is 4.86. The zero-order valence-corrected chi connectivity index (χ0v) is 12.5. The number of nitrogens with zero attached hydrogens (tertiary/aromatic N) is 1. The molecule has 1 aliphatic heterocycles. The van der Waals surface area contributed by atoms with Crippen molar-refractivity contribution in [2.75, 3.05) is 19.6 Å². The molecular weight excluding hydrogens is 208 g/mol. The maximum atomic E-state index is 3.70. The van der Waals surface area contributed by atoms with E-state index in [1.807, 2.05) is 0 Å². The molecule has 0 aromatic carbocycles. The van der Waals surface area contributed by atoms with Crippen molar-refractivity contribution in [1.29, 1.82) is 0 Å². The van der Waals surface area contributed by atoms with Gasteiger partial charge in [-0.1, -0.05) is 27.7 Å². The molecule has 0 saturated carbocycles. The lowest BCUT2D eigenvalue weighted by Gasteiger charge is -2.32. The normalized spacial score (nSPS) is 25.4. The molecular formula is C15H32N2. The van der Waals surface area contributed by atoms with Gasteiger partial charge < -0.3 is 5.32 Å². The van der Waals surface area contributed by atoms with Crippen molar-refractivity contribution in [2.45, 2.75) is 66.0 Å². The number of hydrogen-bond acceptors (Lipinski definition) is 2. The highest BCUT2D eigenvalue weighted by Gasteiger charge is 2.30. The second-order valence-electron chi connectivity index (χ2n) is 6.00. The molecule has 1 fully saturated rings. The Hall–Kier alpha value is -0.0800. The van der Waals surface area contributed by atoms with Gasteiger partial charge in [0.15, 0.2) is 0 Å². The fraction of sp³-hybridized carbons (Fsp3) is 1.00. The Morgan fingerprint density at radius 2 is 1.94 bits per heavy atom. The van der Waals surface area contributed by atoms with Crippen LogP contribution in [0.1, 0.15) is 53.9 Å². The van der Waals surface area contributed by atoms with Gasteiger partial charge in [-0.15, -0.1) is 0 Å². The van der Waals surface area contributed by atoms with E-state index in [2.05, 4.69) is 44.8 Å². The molecule has 17 heavy (non-hydrogen) atoms. The summed E-state index contributed by atoms with van der Waals surface area (Å²) in [6.07, 6.45) is 3.87. The number of hydrogen-bond donors (Lipinski definition) is 1. The van der Waals surface area contributed by atoms with E-state index in [-0.39, 0.29) is 0 Å². The first-order valence-electron chi connectivity index (χ1n) is 7.57. The molecule has 3 unspecified atom stereocenters. The fourth-order valence-electron chi connectivity index (χ4n) is 2.97. The average molecular weight is 240 g/mol. The molecule has 0 amide bonds. The lowest BCUT2D eigenvalue weighted by molar-refractivity contribution is 0.190. The van der Waals surface area contributed by atoms with Crippen molar-refractivity contribution in [3.63, 3.8) is 0 Å². The van der Waals surface area contributed by atoms with Gasteiger partial charge in [0, 0.05) is 18.6 Å². The van der Waals surface area contributed by atoms with Crippen LogP contribution in [-0.2, 0) is 0 Å². The van der Waals surface area contributed by atoms with E-state index in [4.69, 9.17) is 0 Å². The summed E-state index contributed by atoms with van der Waals surface area (Å²) in [5.74, 6) is 1.76. The first-order chi connectivity index (χ1) is 8.10. The van der Waals surface area contributed by atoms with Crippen LogP contribution in [0.2, 0.25) is 0 Å². The van der Waals surface area contributed by atoms with Crippen molar-refractivity contribution in [3.05, 3.63) is 0 Å². The molecule has 2 nitrogen and oxygen atoms in total. The molecule has 0 aromatic rings. The number of nitrogens with one attached hydrogen (secondary N) is 1. The predicted octanol–water partition coefficient (Wildman–Crippen LogP) is 3.13. The Bertz CT molecular complexity index is 203. The molecule has 1 aliphatic rings. The van der Waals surface area contributed by atoms with Crippen molar-refractivity contribution in [1.82, 2.24) is 10.2 Å². The van der Waals surface area contributed by atoms with Crippen LogP contribution in [-0.4, -0.2) is 36.6 Å². The first-order valence-corrected chi connectivity index (χ1v) is 7.57. The van der Waals surface area contributed by atoms with Gasteiger partial charge in [-0.25, -0.2) is 0 Å². The summed E-state index contributed by atoms with van der Waals surface area (Å²) in [6, 6.07) is 1.36. The van der Waals surface area contributed by atoms with Crippen LogP contribution in [0, 0.1) is 11.8 Å². The van der Waals surface area contributed by atoms with E-state index in [1.54, 1.807) is 0 Å². The molecule has 0 bridgehead atoms. The van der Waals surface area contributed by atoms with Gasteiger partial charge in [0.2, 0.25) is 0 Å². The molecule has 0 aliphatic carbocycles. The Morgan fingerprint density at radius 3 is 2.41 bits per heavy atom. The molecule has 102 valence electrons. The largest absolute Gasteiger partial charge is 0.312 e. The van der Waals surface area contributed by atoms with Crippen LogP contribution in [0.5, 0.6) is 0 Å². The van der Waals surface area contributed by atoms with Gasteiger partial charge in [0.25, 0.3) is 0 Å². The van der Waals surface area contributed by atoms with E-state index in [1.165, 1.54) is 32.4 Å². The molecule has 1 rings (SSSR count). The Labute approximate surface area is 108 Å². The van der Waals surface area contributed by atoms with Crippen LogP contribution in [0.15, 0.2) is 0 Å². The minimum Gasteiger partial charge on any atom is -0.312 e. The molecule has 1 heterocycles. The van der Waals surface area contributed by atoms with E-state index < -0.39 is 0 Å². The second kappa shape index (κ2) is 7.38. The maximum absolute atomic E-state index is 3.70. The van der Waals surface area contributed by atoms with Crippen LogP contribution < -0.4 is 5.32 Å². The highest BCUT2D eigenvalue weighted by Crippen LogP contribution is 2.26. The van der Waals surface area contributed by atoms with E-state index >= 15 is 0 Å². The van der Waals surface area contributed by atoms with Crippen molar-refractivity contribution < 1.29 is 0 Å². The maximum Gasteiger partial charge on any atom is 0.0221 e. The molecule has 0 spiro atoms. The molecule has 3 atom stereocenters.